The van der Waals surface area contributed by atoms with Crippen molar-refractivity contribution in [3.05, 3.63) is 67.4 Å². The number of carbonyl (C=O) groups is 1. The molecule has 27 heavy (non-hydrogen) atoms. The Morgan fingerprint density at radius 3 is 2.59 bits per heavy atom. The maximum Gasteiger partial charge on any atom is 0.420 e. The van der Waals surface area contributed by atoms with Gasteiger partial charge in [0, 0.05) is 18.6 Å². The molecule has 2 aromatic heterocycles. The highest BCUT2D eigenvalue weighted by Crippen LogP contribution is 2.27. The molecule has 142 valence electrons. The molecule has 0 saturated heterocycles. The Morgan fingerprint density at radius 2 is 2.04 bits per heavy atom. The average Bonchev–Trinajstić information content (AvgIpc) is 3.07. The van der Waals surface area contributed by atoms with Crippen LogP contribution in [0, 0.1) is 0 Å². The first-order valence-corrected chi connectivity index (χ1v) is 8.67. The fourth-order valence-corrected chi connectivity index (χ4v) is 2.38. The van der Waals surface area contributed by atoms with Crippen LogP contribution in [0.25, 0.3) is 11.2 Å². The van der Waals surface area contributed by atoms with E-state index in [1.54, 1.807) is 24.4 Å². The van der Waals surface area contributed by atoms with Crippen LogP contribution in [0.5, 0.6) is 0 Å². The number of allylic oxidation sites excluding steroid dienone is 5. The summed E-state index contributed by atoms with van der Waals surface area (Å²) in [6, 6.07) is 0. The van der Waals surface area contributed by atoms with Gasteiger partial charge in [-0.15, -0.1) is 0 Å². The van der Waals surface area contributed by atoms with Gasteiger partial charge in [0.25, 0.3) is 0 Å². The largest absolute Gasteiger partial charge is 0.443 e. The second kappa shape index (κ2) is 8.03. The highest BCUT2D eigenvalue weighted by atomic mass is 16.6. The molecule has 0 radical (unpaired) electrons. The number of rotatable bonds is 5. The molecule has 0 aliphatic heterocycles. The number of amides is 1. The minimum Gasteiger partial charge on any atom is -0.443 e. The fraction of sp³-hybridized carbons (Fsp3) is 0.286. The van der Waals surface area contributed by atoms with Crippen LogP contribution < -0.4 is 4.90 Å². The maximum absolute atomic E-state index is 13.0. The first kappa shape index (κ1) is 20.2. The van der Waals surface area contributed by atoms with Crippen LogP contribution in [0.4, 0.5) is 10.6 Å². The van der Waals surface area contributed by atoms with Crippen molar-refractivity contribution in [2.45, 2.75) is 40.2 Å². The quantitative estimate of drug-likeness (QED) is 0.687. The summed E-state index contributed by atoms with van der Waals surface area (Å²) in [6.45, 7) is 16.9. The van der Waals surface area contributed by atoms with E-state index in [1.807, 2.05) is 57.5 Å². The van der Waals surface area contributed by atoms with E-state index in [9.17, 15) is 4.79 Å². The zero-order chi connectivity index (χ0) is 20.2. The Kier molecular flexibility index (Phi) is 6.00. The Bertz CT molecular complexity index is 929. The predicted molar refractivity (Wildman–Crippen MR) is 110 cm³/mol. The van der Waals surface area contributed by atoms with Gasteiger partial charge in [-0.2, -0.15) is 0 Å². The molecule has 2 heterocycles. The molecule has 0 saturated carbocycles. The van der Waals surface area contributed by atoms with Gasteiger partial charge in [-0.1, -0.05) is 25.3 Å². The summed E-state index contributed by atoms with van der Waals surface area (Å²) in [5, 5.41) is 0. The van der Waals surface area contributed by atoms with Gasteiger partial charge in [-0.25, -0.2) is 19.7 Å². The summed E-state index contributed by atoms with van der Waals surface area (Å²) in [4.78, 5) is 23.5. The lowest BCUT2D eigenvalue weighted by Gasteiger charge is -2.27. The lowest BCUT2D eigenvalue weighted by Crippen LogP contribution is -2.37. The maximum atomic E-state index is 13.0. The van der Waals surface area contributed by atoms with Crippen LogP contribution >= 0.6 is 0 Å². The molecule has 0 aliphatic rings. The molecular formula is C21H26N4O2. The molecule has 1 amide bonds. The number of fused-ring (bicyclic) bond motifs is 1. The van der Waals surface area contributed by atoms with E-state index in [-0.39, 0.29) is 0 Å². The number of imidazole rings is 1. The van der Waals surface area contributed by atoms with E-state index in [0.717, 1.165) is 11.3 Å². The van der Waals surface area contributed by atoms with Crippen molar-refractivity contribution >= 4 is 23.1 Å². The fourth-order valence-electron chi connectivity index (χ4n) is 2.38. The summed E-state index contributed by atoms with van der Waals surface area (Å²) in [5.41, 5.74) is 2.06. The zero-order valence-corrected chi connectivity index (χ0v) is 16.6. The second-order valence-corrected chi connectivity index (χ2v) is 6.93. The van der Waals surface area contributed by atoms with Gasteiger partial charge in [-0.3, -0.25) is 0 Å². The molecule has 0 unspecified atom stereocenters. The van der Waals surface area contributed by atoms with Crippen LogP contribution in [0.3, 0.4) is 0 Å². The average molecular weight is 366 g/mol. The minimum absolute atomic E-state index is 0.362. The van der Waals surface area contributed by atoms with Crippen molar-refractivity contribution in [2.24, 2.45) is 0 Å². The van der Waals surface area contributed by atoms with Gasteiger partial charge in [0.05, 0.1) is 11.4 Å². The molecule has 0 atom stereocenters. The summed E-state index contributed by atoms with van der Waals surface area (Å²) in [5.74, 6) is 0.362. The smallest absolute Gasteiger partial charge is 0.420 e. The summed E-state index contributed by atoms with van der Waals surface area (Å²) >= 11 is 0. The highest BCUT2D eigenvalue weighted by molar-refractivity contribution is 5.95. The van der Waals surface area contributed by atoms with Crippen molar-refractivity contribution < 1.29 is 9.53 Å². The zero-order valence-electron chi connectivity index (χ0n) is 16.6. The molecule has 2 aromatic rings. The molecule has 0 N–H and O–H groups in total. The summed E-state index contributed by atoms with van der Waals surface area (Å²) in [6.07, 6.45) is 11.6. The molecule has 0 fully saturated rings. The number of anilines is 1. The number of carbonyl (C=O) groups excluding carboxylic acids is 1. The molecular weight excluding hydrogens is 340 g/mol. The molecule has 0 spiro atoms. The standard InChI is InChI=1S/C21H26N4O2/c1-8-11-16(10-3)25(20(26)27-21(5,6)7)19-18-22-12-13-24(18)14-17(23-19)15(4)9-2/h8-14H,1,3H2,2,4-7H3. The van der Waals surface area contributed by atoms with Crippen LogP contribution in [-0.2, 0) is 4.74 Å². The van der Waals surface area contributed by atoms with Gasteiger partial charge in [0.2, 0.25) is 0 Å². The summed E-state index contributed by atoms with van der Waals surface area (Å²) < 4.78 is 7.44. The van der Waals surface area contributed by atoms with Gasteiger partial charge in [0.15, 0.2) is 11.5 Å². The Balaban J connectivity index is 2.76. The third kappa shape index (κ3) is 4.53. The van der Waals surface area contributed by atoms with Crippen LogP contribution in [0.2, 0.25) is 0 Å². The van der Waals surface area contributed by atoms with Crippen LogP contribution in [0.1, 0.15) is 40.3 Å². The van der Waals surface area contributed by atoms with E-state index in [1.165, 1.54) is 4.90 Å². The lowest BCUT2D eigenvalue weighted by atomic mass is 10.2. The molecule has 0 aliphatic carbocycles. The molecule has 0 bridgehead atoms. The van der Waals surface area contributed by atoms with Gasteiger partial charge < -0.3 is 9.14 Å². The Labute approximate surface area is 160 Å². The molecule has 2 rings (SSSR count). The second-order valence-electron chi connectivity index (χ2n) is 6.93. The van der Waals surface area contributed by atoms with E-state index < -0.39 is 11.7 Å². The number of hydrogen-bond donors (Lipinski definition) is 0. The van der Waals surface area contributed by atoms with E-state index in [2.05, 4.69) is 18.1 Å². The number of hydrogen-bond acceptors (Lipinski definition) is 4. The van der Waals surface area contributed by atoms with Crippen LogP contribution in [-0.4, -0.2) is 26.1 Å². The van der Waals surface area contributed by atoms with E-state index in [4.69, 9.17) is 9.72 Å². The normalized spacial score (nSPS) is 12.8. The van der Waals surface area contributed by atoms with Crippen molar-refractivity contribution in [3.63, 3.8) is 0 Å². The Morgan fingerprint density at radius 1 is 1.33 bits per heavy atom. The third-order valence-electron chi connectivity index (χ3n) is 3.74. The summed E-state index contributed by atoms with van der Waals surface area (Å²) in [7, 11) is 0. The van der Waals surface area contributed by atoms with Crippen molar-refractivity contribution in [2.75, 3.05) is 4.90 Å². The van der Waals surface area contributed by atoms with Crippen molar-refractivity contribution in [3.8, 4) is 0 Å². The molecule has 0 aromatic carbocycles. The van der Waals surface area contributed by atoms with Gasteiger partial charge in [0.1, 0.15) is 5.60 Å². The topological polar surface area (TPSA) is 59.7 Å². The number of aromatic nitrogens is 3. The lowest BCUT2D eigenvalue weighted by molar-refractivity contribution is 0.0593. The Hall–Kier alpha value is -3.15. The van der Waals surface area contributed by atoms with Gasteiger partial charge in [-0.05, 0) is 52.3 Å². The SMILES string of the molecule is C=CC=C(C=C)N(C(=O)OC(C)(C)C)c1nc(C(C)=CC)cn2ccnc12. The van der Waals surface area contributed by atoms with Crippen molar-refractivity contribution in [1.29, 1.82) is 0 Å². The first-order chi connectivity index (χ1) is 12.7. The first-order valence-electron chi connectivity index (χ1n) is 8.67. The monoisotopic (exact) mass is 366 g/mol. The number of ether oxygens (including phenoxy) is 1. The number of nitrogens with zero attached hydrogens (tertiary/aromatic N) is 4. The van der Waals surface area contributed by atoms with Crippen molar-refractivity contribution in [1.82, 2.24) is 14.4 Å². The highest BCUT2D eigenvalue weighted by Gasteiger charge is 2.29. The predicted octanol–water partition coefficient (Wildman–Crippen LogP) is 5.15. The van der Waals surface area contributed by atoms with E-state index >= 15 is 0 Å². The minimum atomic E-state index is -0.668. The molecule has 6 nitrogen and oxygen atoms in total. The van der Waals surface area contributed by atoms with Gasteiger partial charge >= 0.3 is 6.09 Å². The van der Waals surface area contributed by atoms with E-state index in [0.29, 0.717) is 17.2 Å². The molecule has 6 heteroatoms. The van der Waals surface area contributed by atoms with Crippen LogP contribution in [0.15, 0.2) is 61.7 Å². The third-order valence-corrected chi connectivity index (χ3v) is 3.74.